The Kier molecular flexibility index (Phi) is 3.39. The summed E-state index contributed by atoms with van der Waals surface area (Å²) < 4.78 is 5.43. The van der Waals surface area contributed by atoms with Gasteiger partial charge in [-0.05, 0) is 47.1 Å². The number of hydrogen-bond donors (Lipinski definition) is 0. The second-order valence-corrected chi connectivity index (χ2v) is 6.24. The molecule has 3 nitrogen and oxygen atoms in total. The van der Waals surface area contributed by atoms with Crippen LogP contribution in [0.4, 0.5) is 0 Å². The van der Waals surface area contributed by atoms with E-state index in [1.54, 1.807) is 18.4 Å². The van der Waals surface area contributed by atoms with E-state index in [9.17, 15) is 4.79 Å². The lowest BCUT2D eigenvalue weighted by molar-refractivity contribution is -0.129. The molecule has 0 radical (unpaired) electrons. The number of ether oxygens (including phenoxy) is 1. The SMILES string of the molecule is COC1C[C@@H]2CN(C(=O)Cc3ccsc3)C[C@@H]2C1. The van der Waals surface area contributed by atoms with Crippen molar-refractivity contribution >= 4 is 17.2 Å². The van der Waals surface area contributed by atoms with Gasteiger partial charge in [-0.1, -0.05) is 0 Å². The Morgan fingerprint density at radius 3 is 2.72 bits per heavy atom. The molecule has 1 aliphatic carbocycles. The van der Waals surface area contributed by atoms with Crippen LogP contribution in [0.3, 0.4) is 0 Å². The first-order chi connectivity index (χ1) is 8.76. The first-order valence-corrected chi connectivity index (χ1v) is 7.52. The first kappa shape index (κ1) is 12.2. The van der Waals surface area contributed by atoms with Crippen LogP contribution in [0, 0.1) is 11.8 Å². The smallest absolute Gasteiger partial charge is 0.227 e. The molecule has 2 fully saturated rings. The monoisotopic (exact) mass is 265 g/mol. The topological polar surface area (TPSA) is 29.5 Å². The molecule has 3 atom stereocenters. The Labute approximate surface area is 112 Å². The van der Waals surface area contributed by atoms with Crippen molar-refractivity contribution in [2.24, 2.45) is 11.8 Å². The lowest BCUT2D eigenvalue weighted by Gasteiger charge is -2.18. The molecule has 0 N–H and O–H groups in total. The fourth-order valence-electron chi connectivity index (χ4n) is 3.32. The van der Waals surface area contributed by atoms with Crippen LogP contribution in [0.15, 0.2) is 16.8 Å². The predicted octanol–water partition coefficient (Wildman–Crippen LogP) is 2.17. The van der Waals surface area contributed by atoms with Crippen LogP contribution in [0.25, 0.3) is 0 Å². The van der Waals surface area contributed by atoms with Gasteiger partial charge in [0.15, 0.2) is 0 Å². The lowest BCUT2D eigenvalue weighted by Crippen LogP contribution is -2.31. The molecule has 0 aromatic carbocycles. The Morgan fingerprint density at radius 1 is 1.44 bits per heavy atom. The molecule has 98 valence electrons. The highest BCUT2D eigenvalue weighted by atomic mass is 32.1. The summed E-state index contributed by atoms with van der Waals surface area (Å²) in [5, 5.41) is 4.10. The third-order valence-electron chi connectivity index (χ3n) is 4.33. The molecule has 18 heavy (non-hydrogen) atoms. The Morgan fingerprint density at radius 2 is 2.17 bits per heavy atom. The van der Waals surface area contributed by atoms with Crippen molar-refractivity contribution in [2.75, 3.05) is 20.2 Å². The van der Waals surface area contributed by atoms with Crippen LogP contribution in [-0.2, 0) is 16.0 Å². The molecule has 2 aliphatic rings. The Hall–Kier alpha value is -0.870. The molecule has 2 heterocycles. The maximum Gasteiger partial charge on any atom is 0.227 e. The highest BCUT2D eigenvalue weighted by Gasteiger charge is 2.42. The van der Waals surface area contributed by atoms with E-state index in [4.69, 9.17) is 4.74 Å². The van der Waals surface area contributed by atoms with E-state index in [1.807, 2.05) is 11.4 Å². The summed E-state index contributed by atoms with van der Waals surface area (Å²) in [5.41, 5.74) is 1.15. The zero-order chi connectivity index (χ0) is 12.5. The lowest BCUT2D eigenvalue weighted by atomic mass is 10.0. The average Bonchev–Trinajstić information content (AvgIpc) is 3.02. The van der Waals surface area contributed by atoms with Gasteiger partial charge in [-0.15, -0.1) is 0 Å². The van der Waals surface area contributed by atoms with Crippen molar-refractivity contribution in [3.8, 4) is 0 Å². The predicted molar refractivity (Wildman–Crippen MR) is 71.6 cm³/mol. The van der Waals surface area contributed by atoms with Crippen LogP contribution in [0.5, 0.6) is 0 Å². The van der Waals surface area contributed by atoms with Gasteiger partial charge >= 0.3 is 0 Å². The molecular weight excluding hydrogens is 246 g/mol. The molecular formula is C14H19NO2S. The van der Waals surface area contributed by atoms with Gasteiger partial charge in [-0.25, -0.2) is 0 Å². The molecule has 1 aromatic rings. The maximum absolute atomic E-state index is 12.2. The number of hydrogen-bond acceptors (Lipinski definition) is 3. The van der Waals surface area contributed by atoms with Gasteiger partial charge < -0.3 is 9.64 Å². The van der Waals surface area contributed by atoms with Crippen LogP contribution in [0.1, 0.15) is 18.4 Å². The van der Waals surface area contributed by atoms with Crippen LogP contribution in [0.2, 0.25) is 0 Å². The second kappa shape index (κ2) is 5.02. The van der Waals surface area contributed by atoms with E-state index in [2.05, 4.69) is 10.3 Å². The van der Waals surface area contributed by atoms with Gasteiger partial charge in [-0.3, -0.25) is 4.79 Å². The molecule has 4 heteroatoms. The van der Waals surface area contributed by atoms with E-state index in [0.717, 1.165) is 31.5 Å². The molecule has 1 saturated heterocycles. The standard InChI is InChI=1S/C14H19NO2S/c1-17-13-5-11-7-15(8-12(11)6-13)14(16)4-10-2-3-18-9-10/h2-3,9,11-13H,4-8H2,1H3/t11-,12+,13?. The minimum Gasteiger partial charge on any atom is -0.381 e. The first-order valence-electron chi connectivity index (χ1n) is 6.58. The summed E-state index contributed by atoms with van der Waals surface area (Å²) in [5.74, 6) is 1.62. The number of rotatable bonds is 3. The Balaban J connectivity index is 1.56. The number of methoxy groups -OCH3 is 1. The normalized spacial score (nSPS) is 30.7. The minimum absolute atomic E-state index is 0.289. The number of nitrogens with zero attached hydrogens (tertiary/aromatic N) is 1. The molecule has 1 amide bonds. The summed E-state index contributed by atoms with van der Waals surface area (Å²) in [6.45, 7) is 1.88. The van der Waals surface area contributed by atoms with Gasteiger partial charge in [0, 0.05) is 20.2 Å². The van der Waals surface area contributed by atoms with Gasteiger partial charge in [0.2, 0.25) is 5.91 Å². The molecule has 1 saturated carbocycles. The number of amides is 1. The number of carbonyl (C=O) groups is 1. The van der Waals surface area contributed by atoms with Gasteiger partial charge in [-0.2, -0.15) is 11.3 Å². The fourth-order valence-corrected chi connectivity index (χ4v) is 3.99. The number of fused-ring (bicyclic) bond motifs is 1. The van der Waals surface area contributed by atoms with Crippen LogP contribution >= 0.6 is 11.3 Å². The van der Waals surface area contributed by atoms with E-state index in [1.165, 1.54) is 0 Å². The maximum atomic E-state index is 12.2. The third kappa shape index (κ3) is 2.31. The molecule has 0 spiro atoms. The van der Waals surface area contributed by atoms with Crippen molar-refractivity contribution in [3.05, 3.63) is 22.4 Å². The largest absolute Gasteiger partial charge is 0.381 e. The number of carbonyl (C=O) groups excluding carboxylic acids is 1. The van der Waals surface area contributed by atoms with Crippen molar-refractivity contribution in [2.45, 2.75) is 25.4 Å². The van der Waals surface area contributed by atoms with Crippen LogP contribution < -0.4 is 0 Å². The number of thiophene rings is 1. The summed E-state index contributed by atoms with van der Waals surface area (Å²) in [7, 11) is 1.80. The van der Waals surface area contributed by atoms with E-state index in [-0.39, 0.29) is 5.91 Å². The number of likely N-dealkylation sites (tertiary alicyclic amines) is 1. The van der Waals surface area contributed by atoms with Gasteiger partial charge in [0.05, 0.1) is 12.5 Å². The van der Waals surface area contributed by atoms with Crippen molar-refractivity contribution in [3.63, 3.8) is 0 Å². The van der Waals surface area contributed by atoms with Gasteiger partial charge in [0.25, 0.3) is 0 Å². The summed E-state index contributed by atoms with van der Waals surface area (Å²) in [6, 6.07) is 2.04. The van der Waals surface area contributed by atoms with Crippen molar-refractivity contribution < 1.29 is 9.53 Å². The minimum atomic E-state index is 0.289. The highest BCUT2D eigenvalue weighted by molar-refractivity contribution is 7.07. The summed E-state index contributed by atoms with van der Waals surface area (Å²) in [6.07, 6.45) is 3.25. The molecule has 1 unspecified atom stereocenters. The average molecular weight is 265 g/mol. The van der Waals surface area contributed by atoms with Crippen molar-refractivity contribution in [1.82, 2.24) is 4.90 Å². The van der Waals surface area contributed by atoms with E-state index < -0.39 is 0 Å². The molecule has 3 rings (SSSR count). The highest BCUT2D eigenvalue weighted by Crippen LogP contribution is 2.39. The summed E-state index contributed by atoms with van der Waals surface area (Å²) >= 11 is 1.66. The zero-order valence-electron chi connectivity index (χ0n) is 10.7. The summed E-state index contributed by atoms with van der Waals surface area (Å²) in [4.78, 5) is 14.2. The quantitative estimate of drug-likeness (QED) is 0.838. The zero-order valence-corrected chi connectivity index (χ0v) is 11.5. The van der Waals surface area contributed by atoms with Crippen molar-refractivity contribution in [1.29, 1.82) is 0 Å². The van der Waals surface area contributed by atoms with Crippen LogP contribution in [-0.4, -0.2) is 37.1 Å². The Bertz CT molecular complexity index is 403. The molecule has 1 aliphatic heterocycles. The van der Waals surface area contributed by atoms with Gasteiger partial charge in [0.1, 0.15) is 0 Å². The third-order valence-corrected chi connectivity index (χ3v) is 5.06. The van der Waals surface area contributed by atoms with E-state index >= 15 is 0 Å². The van der Waals surface area contributed by atoms with E-state index in [0.29, 0.717) is 24.4 Å². The second-order valence-electron chi connectivity index (χ2n) is 5.46. The molecule has 0 bridgehead atoms. The molecule has 1 aromatic heterocycles. The fraction of sp³-hybridized carbons (Fsp3) is 0.643.